The molecule has 0 N–H and O–H groups in total. The number of aliphatic imine (C=N–C) groups is 1. The highest BCUT2D eigenvalue weighted by Gasteiger charge is 2.14. The van der Waals surface area contributed by atoms with Crippen LogP contribution in [0.25, 0.3) is 0 Å². The minimum atomic E-state index is -2.20. The monoisotopic (exact) mass is 201 g/mol. The van der Waals surface area contributed by atoms with Crippen molar-refractivity contribution in [1.29, 1.82) is 0 Å². The standard InChI is InChI=1S/C10H20NOP/c1-6-8-10(13(4,5)12)11-9(3)7-2/h6,8-9H,7H2,1-5H3/b8-6-,11-10+. The lowest BCUT2D eigenvalue weighted by Gasteiger charge is -2.10. The zero-order valence-electron chi connectivity index (χ0n) is 9.24. The first-order valence-corrected chi connectivity index (χ1v) is 7.28. The Kier molecular flexibility index (Phi) is 5.24. The summed E-state index contributed by atoms with van der Waals surface area (Å²) in [5.74, 6) is 0. The molecule has 0 aliphatic rings. The normalized spacial score (nSPS) is 16.5. The van der Waals surface area contributed by atoms with Crippen molar-refractivity contribution >= 4 is 12.6 Å². The minimum absolute atomic E-state index is 0.263. The van der Waals surface area contributed by atoms with Crippen molar-refractivity contribution < 1.29 is 4.57 Å². The first-order chi connectivity index (χ1) is 5.91. The van der Waals surface area contributed by atoms with Gasteiger partial charge < -0.3 is 4.57 Å². The molecule has 0 saturated carbocycles. The molecular weight excluding hydrogens is 181 g/mol. The van der Waals surface area contributed by atoms with Crippen LogP contribution in [-0.4, -0.2) is 24.8 Å². The molecule has 0 radical (unpaired) electrons. The second-order valence-electron chi connectivity index (χ2n) is 3.60. The molecule has 0 aromatic heterocycles. The number of allylic oxidation sites excluding steroid dienone is 2. The predicted molar refractivity (Wildman–Crippen MR) is 61.5 cm³/mol. The zero-order valence-corrected chi connectivity index (χ0v) is 10.1. The fraction of sp³-hybridized carbons (Fsp3) is 0.700. The van der Waals surface area contributed by atoms with Crippen molar-refractivity contribution in [3.8, 4) is 0 Å². The minimum Gasteiger partial charge on any atom is -0.318 e. The van der Waals surface area contributed by atoms with Gasteiger partial charge in [-0.1, -0.05) is 13.0 Å². The summed E-state index contributed by atoms with van der Waals surface area (Å²) in [7, 11) is -2.20. The Balaban J connectivity index is 4.82. The van der Waals surface area contributed by atoms with E-state index in [2.05, 4.69) is 11.9 Å². The molecule has 0 aliphatic heterocycles. The van der Waals surface area contributed by atoms with Crippen LogP contribution in [0.3, 0.4) is 0 Å². The zero-order chi connectivity index (χ0) is 10.5. The predicted octanol–water partition coefficient (Wildman–Crippen LogP) is 3.38. The van der Waals surface area contributed by atoms with E-state index in [1.54, 1.807) is 13.3 Å². The van der Waals surface area contributed by atoms with Gasteiger partial charge in [0.15, 0.2) is 0 Å². The molecule has 0 rings (SSSR count). The average molecular weight is 201 g/mol. The van der Waals surface area contributed by atoms with Gasteiger partial charge in [0.2, 0.25) is 0 Å². The van der Waals surface area contributed by atoms with Crippen LogP contribution in [0.2, 0.25) is 0 Å². The summed E-state index contributed by atoms with van der Waals surface area (Å²) in [4.78, 5) is 4.42. The van der Waals surface area contributed by atoms with E-state index >= 15 is 0 Å². The van der Waals surface area contributed by atoms with Gasteiger partial charge in [-0.3, -0.25) is 4.99 Å². The van der Waals surface area contributed by atoms with Gasteiger partial charge in [0.05, 0.1) is 5.45 Å². The molecule has 76 valence electrons. The van der Waals surface area contributed by atoms with Crippen molar-refractivity contribution in [2.75, 3.05) is 13.3 Å². The van der Waals surface area contributed by atoms with Gasteiger partial charge >= 0.3 is 0 Å². The lowest BCUT2D eigenvalue weighted by atomic mass is 10.3. The van der Waals surface area contributed by atoms with Gasteiger partial charge in [-0.25, -0.2) is 0 Å². The van der Waals surface area contributed by atoms with Crippen LogP contribution in [0.15, 0.2) is 17.1 Å². The molecule has 0 amide bonds. The molecule has 0 heterocycles. The highest BCUT2D eigenvalue weighted by Crippen LogP contribution is 2.39. The van der Waals surface area contributed by atoms with Crippen LogP contribution < -0.4 is 0 Å². The van der Waals surface area contributed by atoms with Crippen LogP contribution >= 0.6 is 7.14 Å². The lowest BCUT2D eigenvalue weighted by Crippen LogP contribution is -2.02. The van der Waals surface area contributed by atoms with E-state index in [4.69, 9.17) is 0 Å². The van der Waals surface area contributed by atoms with Gasteiger partial charge in [-0.2, -0.15) is 0 Å². The van der Waals surface area contributed by atoms with Gasteiger partial charge in [-0.05, 0) is 39.7 Å². The summed E-state index contributed by atoms with van der Waals surface area (Å²) in [6.45, 7) is 9.56. The molecule has 0 saturated heterocycles. The van der Waals surface area contributed by atoms with Crippen LogP contribution in [0.5, 0.6) is 0 Å². The molecule has 2 nitrogen and oxygen atoms in total. The summed E-state index contributed by atoms with van der Waals surface area (Å²) in [6.07, 6.45) is 4.73. The highest BCUT2D eigenvalue weighted by molar-refractivity contribution is 7.80. The summed E-state index contributed by atoms with van der Waals surface area (Å²) in [5, 5.41) is 0. The molecule has 1 atom stereocenters. The van der Waals surface area contributed by atoms with Gasteiger partial charge in [0, 0.05) is 6.04 Å². The van der Waals surface area contributed by atoms with E-state index in [1.807, 2.05) is 26.0 Å². The Morgan fingerprint density at radius 3 is 2.38 bits per heavy atom. The third-order valence-electron chi connectivity index (χ3n) is 1.81. The highest BCUT2D eigenvalue weighted by atomic mass is 31.2. The van der Waals surface area contributed by atoms with Crippen molar-refractivity contribution in [3.63, 3.8) is 0 Å². The van der Waals surface area contributed by atoms with Crippen LogP contribution in [0.4, 0.5) is 0 Å². The van der Waals surface area contributed by atoms with Crippen molar-refractivity contribution in [2.24, 2.45) is 4.99 Å². The first-order valence-electron chi connectivity index (χ1n) is 4.67. The quantitative estimate of drug-likeness (QED) is 0.506. The van der Waals surface area contributed by atoms with E-state index in [0.29, 0.717) is 0 Å². The van der Waals surface area contributed by atoms with Crippen molar-refractivity contribution in [1.82, 2.24) is 0 Å². The molecule has 3 heteroatoms. The number of nitrogens with zero attached hydrogens (tertiary/aromatic N) is 1. The molecular formula is C10H20NOP. The maximum absolute atomic E-state index is 11.8. The first kappa shape index (κ1) is 12.6. The fourth-order valence-electron chi connectivity index (χ4n) is 0.828. The molecule has 1 unspecified atom stereocenters. The Morgan fingerprint density at radius 2 is 2.08 bits per heavy atom. The van der Waals surface area contributed by atoms with E-state index in [9.17, 15) is 4.57 Å². The molecule has 0 aliphatic carbocycles. The molecule has 0 aromatic carbocycles. The molecule has 0 bridgehead atoms. The molecule has 0 fully saturated rings. The lowest BCUT2D eigenvalue weighted by molar-refractivity contribution is 0.589. The summed E-state index contributed by atoms with van der Waals surface area (Å²) >= 11 is 0. The number of rotatable bonds is 4. The molecule has 13 heavy (non-hydrogen) atoms. The van der Waals surface area contributed by atoms with E-state index in [1.165, 1.54) is 0 Å². The van der Waals surface area contributed by atoms with Crippen molar-refractivity contribution in [2.45, 2.75) is 33.2 Å². The molecule has 0 aromatic rings. The fourth-order valence-corrected chi connectivity index (χ4v) is 1.81. The maximum Gasteiger partial charge on any atom is 0.126 e. The Labute approximate surface area is 81.5 Å². The average Bonchev–Trinajstić information content (AvgIpc) is 2.01. The SMILES string of the molecule is C/C=C\C(=N/C(C)CC)P(C)(C)=O. The van der Waals surface area contributed by atoms with Crippen LogP contribution in [-0.2, 0) is 4.57 Å². The second-order valence-corrected chi connectivity index (χ2v) is 6.76. The van der Waals surface area contributed by atoms with Crippen LogP contribution in [0, 0.1) is 0 Å². The van der Waals surface area contributed by atoms with E-state index in [0.717, 1.165) is 11.9 Å². The third-order valence-corrected chi connectivity index (χ3v) is 3.18. The summed E-state index contributed by atoms with van der Waals surface area (Å²) in [6, 6.07) is 0.263. The maximum atomic E-state index is 11.8. The van der Waals surface area contributed by atoms with Gasteiger partial charge in [0.1, 0.15) is 7.14 Å². The Morgan fingerprint density at radius 1 is 1.54 bits per heavy atom. The number of hydrogen-bond acceptors (Lipinski definition) is 2. The third kappa shape index (κ3) is 5.05. The smallest absolute Gasteiger partial charge is 0.126 e. The van der Waals surface area contributed by atoms with Gasteiger partial charge in [-0.15, -0.1) is 0 Å². The van der Waals surface area contributed by atoms with Gasteiger partial charge in [0.25, 0.3) is 0 Å². The second kappa shape index (κ2) is 5.39. The Hall–Kier alpha value is -0.360. The van der Waals surface area contributed by atoms with Crippen LogP contribution in [0.1, 0.15) is 27.2 Å². The van der Waals surface area contributed by atoms with Crippen molar-refractivity contribution in [3.05, 3.63) is 12.2 Å². The summed E-state index contributed by atoms with van der Waals surface area (Å²) in [5.41, 5.74) is 0.754. The Bertz CT molecular complexity index is 250. The summed E-state index contributed by atoms with van der Waals surface area (Å²) < 4.78 is 11.8. The largest absolute Gasteiger partial charge is 0.318 e. The molecule has 0 spiro atoms. The van der Waals surface area contributed by atoms with E-state index < -0.39 is 7.14 Å². The number of hydrogen-bond donors (Lipinski definition) is 0. The van der Waals surface area contributed by atoms with E-state index in [-0.39, 0.29) is 6.04 Å². The topological polar surface area (TPSA) is 29.4 Å².